The SMILES string of the molecule is COc1ccc2c(c1)c(CC(Cc1ccc(SC)cc1)C(=O)O)c(C)n2Cc1ccc(Br)cc1. The van der Waals surface area contributed by atoms with Crippen molar-refractivity contribution in [3.63, 3.8) is 0 Å². The summed E-state index contributed by atoms with van der Waals surface area (Å²) in [5, 5.41) is 11.1. The maximum atomic E-state index is 12.3. The van der Waals surface area contributed by atoms with Gasteiger partial charge in [0.05, 0.1) is 13.0 Å². The van der Waals surface area contributed by atoms with Crippen molar-refractivity contribution in [2.75, 3.05) is 13.4 Å². The van der Waals surface area contributed by atoms with Crippen LogP contribution in [0.25, 0.3) is 10.9 Å². The van der Waals surface area contributed by atoms with Crippen LogP contribution >= 0.6 is 27.7 Å². The molecule has 0 radical (unpaired) electrons. The van der Waals surface area contributed by atoms with Crippen LogP contribution in [0, 0.1) is 12.8 Å². The van der Waals surface area contributed by atoms with E-state index in [9.17, 15) is 9.90 Å². The van der Waals surface area contributed by atoms with E-state index >= 15 is 0 Å². The lowest BCUT2D eigenvalue weighted by molar-refractivity contribution is -0.141. The highest BCUT2D eigenvalue weighted by Gasteiger charge is 2.24. The predicted octanol–water partition coefficient (Wildman–Crippen LogP) is 6.98. The number of hydrogen-bond acceptors (Lipinski definition) is 3. The predicted molar refractivity (Wildman–Crippen MR) is 143 cm³/mol. The molecular formula is C28H28BrNO3S. The van der Waals surface area contributed by atoms with Gasteiger partial charge in [-0.3, -0.25) is 4.79 Å². The fourth-order valence-electron chi connectivity index (χ4n) is 4.43. The van der Waals surface area contributed by atoms with Crippen molar-refractivity contribution in [1.29, 1.82) is 0 Å². The molecule has 0 saturated heterocycles. The molecule has 1 atom stereocenters. The molecule has 4 nitrogen and oxygen atoms in total. The van der Waals surface area contributed by atoms with Crippen LogP contribution in [0.5, 0.6) is 5.75 Å². The van der Waals surface area contributed by atoms with E-state index in [0.29, 0.717) is 12.8 Å². The number of hydrogen-bond donors (Lipinski definition) is 1. The Morgan fingerprint density at radius 1 is 1.03 bits per heavy atom. The second-order valence-electron chi connectivity index (χ2n) is 8.45. The molecule has 1 unspecified atom stereocenters. The highest BCUT2D eigenvalue weighted by molar-refractivity contribution is 9.10. The maximum Gasteiger partial charge on any atom is 0.307 e. The number of thioether (sulfide) groups is 1. The number of carboxylic acids is 1. The summed E-state index contributed by atoms with van der Waals surface area (Å²) in [6.07, 6.45) is 2.99. The highest BCUT2D eigenvalue weighted by atomic mass is 79.9. The van der Waals surface area contributed by atoms with Crippen LogP contribution in [-0.2, 0) is 24.2 Å². The monoisotopic (exact) mass is 537 g/mol. The number of carbonyl (C=O) groups is 1. The Balaban J connectivity index is 1.72. The van der Waals surface area contributed by atoms with Gasteiger partial charge >= 0.3 is 5.97 Å². The van der Waals surface area contributed by atoms with E-state index in [1.165, 1.54) is 10.5 Å². The van der Waals surface area contributed by atoms with E-state index in [2.05, 4.69) is 57.8 Å². The third-order valence-electron chi connectivity index (χ3n) is 6.36. The summed E-state index contributed by atoms with van der Waals surface area (Å²) in [6.45, 7) is 2.81. The molecule has 0 amide bonds. The molecule has 4 aromatic rings. The zero-order valence-corrected chi connectivity index (χ0v) is 21.9. The van der Waals surface area contributed by atoms with Gasteiger partial charge < -0.3 is 14.4 Å². The molecular weight excluding hydrogens is 510 g/mol. The van der Waals surface area contributed by atoms with Crippen molar-refractivity contribution in [3.05, 3.63) is 93.6 Å². The van der Waals surface area contributed by atoms with Crippen LogP contribution in [0.15, 0.2) is 76.1 Å². The molecule has 3 aromatic carbocycles. The molecule has 0 saturated carbocycles. The smallest absolute Gasteiger partial charge is 0.307 e. The number of methoxy groups -OCH3 is 1. The number of rotatable bonds is 9. The quantitative estimate of drug-likeness (QED) is 0.234. The zero-order chi connectivity index (χ0) is 24.2. The number of halogens is 1. The van der Waals surface area contributed by atoms with Gasteiger partial charge in [0, 0.05) is 32.5 Å². The second kappa shape index (κ2) is 10.7. The van der Waals surface area contributed by atoms with Crippen molar-refractivity contribution < 1.29 is 14.6 Å². The minimum Gasteiger partial charge on any atom is -0.497 e. The normalized spacial score (nSPS) is 12.1. The van der Waals surface area contributed by atoms with Crippen LogP contribution in [-0.4, -0.2) is 29.0 Å². The topological polar surface area (TPSA) is 51.5 Å². The summed E-state index contributed by atoms with van der Waals surface area (Å²) in [5.74, 6) is -0.518. The Bertz CT molecular complexity index is 1300. The number of ether oxygens (including phenoxy) is 1. The Kier molecular flexibility index (Phi) is 7.69. The van der Waals surface area contributed by atoms with Gasteiger partial charge in [-0.05, 0) is 85.2 Å². The summed E-state index contributed by atoms with van der Waals surface area (Å²) in [6, 6.07) is 22.6. The maximum absolute atomic E-state index is 12.3. The first kappa shape index (κ1) is 24.4. The minimum atomic E-state index is -0.773. The molecule has 176 valence electrons. The van der Waals surface area contributed by atoms with Crippen LogP contribution in [0.4, 0.5) is 0 Å². The Morgan fingerprint density at radius 3 is 2.32 bits per heavy atom. The molecule has 0 fully saturated rings. The van der Waals surface area contributed by atoms with Gasteiger partial charge in [-0.1, -0.05) is 40.2 Å². The average Bonchev–Trinajstić information content (AvgIpc) is 3.10. The molecule has 34 heavy (non-hydrogen) atoms. The average molecular weight is 539 g/mol. The zero-order valence-electron chi connectivity index (χ0n) is 19.5. The minimum absolute atomic E-state index is 0.461. The van der Waals surface area contributed by atoms with Crippen LogP contribution in [0.3, 0.4) is 0 Å². The fourth-order valence-corrected chi connectivity index (χ4v) is 5.10. The molecule has 1 N–H and O–H groups in total. The third-order valence-corrected chi connectivity index (χ3v) is 7.63. The molecule has 1 heterocycles. The van der Waals surface area contributed by atoms with E-state index in [-0.39, 0.29) is 0 Å². The largest absolute Gasteiger partial charge is 0.497 e. The van der Waals surface area contributed by atoms with Crippen molar-refractivity contribution >= 4 is 44.6 Å². The third kappa shape index (κ3) is 5.34. The lowest BCUT2D eigenvalue weighted by Gasteiger charge is -2.14. The van der Waals surface area contributed by atoms with Gasteiger partial charge in [0.2, 0.25) is 0 Å². The lowest BCUT2D eigenvalue weighted by atomic mass is 9.91. The van der Waals surface area contributed by atoms with E-state index in [0.717, 1.165) is 44.5 Å². The number of aliphatic carboxylic acids is 1. The molecule has 0 aliphatic rings. The lowest BCUT2D eigenvalue weighted by Crippen LogP contribution is -2.19. The summed E-state index contributed by atoms with van der Waals surface area (Å²) < 4.78 is 8.82. The van der Waals surface area contributed by atoms with Crippen LogP contribution in [0.1, 0.15) is 22.4 Å². The molecule has 1 aromatic heterocycles. The first-order chi connectivity index (χ1) is 16.4. The summed E-state index contributed by atoms with van der Waals surface area (Å²) in [7, 11) is 1.66. The van der Waals surface area contributed by atoms with Gasteiger partial charge in [0.1, 0.15) is 5.75 Å². The van der Waals surface area contributed by atoms with E-state index in [4.69, 9.17) is 4.74 Å². The first-order valence-corrected chi connectivity index (χ1v) is 13.2. The van der Waals surface area contributed by atoms with E-state index in [1.807, 2.05) is 42.7 Å². The molecule has 4 rings (SSSR count). The molecule has 0 bridgehead atoms. The van der Waals surface area contributed by atoms with Gasteiger partial charge in [0.25, 0.3) is 0 Å². The van der Waals surface area contributed by atoms with E-state index in [1.54, 1.807) is 18.9 Å². The molecule has 6 heteroatoms. The summed E-state index contributed by atoms with van der Waals surface area (Å²) in [5.41, 5.74) is 5.48. The Labute approximate surface area is 213 Å². The van der Waals surface area contributed by atoms with Gasteiger partial charge in [-0.25, -0.2) is 0 Å². The number of carboxylic acid groups (broad SMARTS) is 1. The van der Waals surface area contributed by atoms with Gasteiger partial charge in [-0.15, -0.1) is 11.8 Å². The van der Waals surface area contributed by atoms with Gasteiger partial charge in [-0.2, -0.15) is 0 Å². The van der Waals surface area contributed by atoms with Crippen molar-refractivity contribution in [2.24, 2.45) is 5.92 Å². The number of benzene rings is 3. The summed E-state index contributed by atoms with van der Waals surface area (Å²) >= 11 is 5.19. The Morgan fingerprint density at radius 2 is 1.71 bits per heavy atom. The highest BCUT2D eigenvalue weighted by Crippen LogP contribution is 2.33. The molecule has 0 aliphatic heterocycles. The number of aromatic nitrogens is 1. The second-order valence-corrected chi connectivity index (χ2v) is 10.2. The van der Waals surface area contributed by atoms with Gasteiger partial charge in [0.15, 0.2) is 0 Å². The summed E-state index contributed by atoms with van der Waals surface area (Å²) in [4.78, 5) is 13.5. The van der Waals surface area contributed by atoms with Crippen molar-refractivity contribution in [1.82, 2.24) is 4.57 Å². The number of fused-ring (bicyclic) bond motifs is 1. The molecule has 0 aliphatic carbocycles. The molecule has 0 spiro atoms. The van der Waals surface area contributed by atoms with Crippen LogP contribution in [0.2, 0.25) is 0 Å². The van der Waals surface area contributed by atoms with Crippen LogP contribution < -0.4 is 4.74 Å². The van der Waals surface area contributed by atoms with E-state index < -0.39 is 11.9 Å². The first-order valence-electron chi connectivity index (χ1n) is 11.2. The number of nitrogens with zero attached hydrogens (tertiary/aromatic N) is 1. The fraction of sp³-hybridized carbons (Fsp3) is 0.250. The standard InChI is InChI=1S/C28H28BrNO3S/c1-18-25(15-21(28(31)32)14-19-6-11-24(34-3)12-7-19)26-16-23(33-2)10-13-27(26)30(18)17-20-4-8-22(29)9-5-20/h4-13,16,21H,14-15,17H2,1-3H3,(H,31,32). The Hall–Kier alpha value is -2.70. The van der Waals surface area contributed by atoms with Crippen molar-refractivity contribution in [3.8, 4) is 5.75 Å². The van der Waals surface area contributed by atoms with Crippen molar-refractivity contribution in [2.45, 2.75) is 31.2 Å².